The van der Waals surface area contributed by atoms with Crippen LogP contribution >= 0.6 is 11.6 Å². The Labute approximate surface area is 206 Å². The van der Waals surface area contributed by atoms with Gasteiger partial charge in [-0.3, -0.25) is 9.52 Å². The zero-order chi connectivity index (χ0) is 25.0. The average Bonchev–Trinajstić information content (AvgIpc) is 2.79. The Morgan fingerprint density at radius 3 is 2.32 bits per heavy atom. The van der Waals surface area contributed by atoms with Crippen LogP contribution < -0.4 is 14.8 Å². The number of ether oxygens (including phenoxy) is 1. The van der Waals surface area contributed by atoms with E-state index in [-0.39, 0.29) is 27.4 Å². The summed E-state index contributed by atoms with van der Waals surface area (Å²) in [4.78, 5) is 12.9. The summed E-state index contributed by atoms with van der Waals surface area (Å²) in [6.45, 7) is 7.76. The van der Waals surface area contributed by atoms with Crippen molar-refractivity contribution in [1.82, 2.24) is 5.32 Å². The van der Waals surface area contributed by atoms with E-state index >= 15 is 0 Å². The lowest BCUT2D eigenvalue weighted by Crippen LogP contribution is -2.28. The Balaban J connectivity index is 1.86. The quantitative estimate of drug-likeness (QED) is 0.400. The van der Waals surface area contributed by atoms with Crippen LogP contribution in [0.5, 0.6) is 5.75 Å². The van der Waals surface area contributed by atoms with Gasteiger partial charge in [0.15, 0.2) is 0 Å². The monoisotopic (exact) mass is 500 g/mol. The van der Waals surface area contributed by atoms with Gasteiger partial charge < -0.3 is 10.1 Å². The molecule has 0 aliphatic heterocycles. The molecule has 0 saturated heterocycles. The van der Waals surface area contributed by atoms with Crippen LogP contribution in [-0.4, -0.2) is 21.4 Å². The lowest BCUT2D eigenvalue weighted by molar-refractivity contribution is 0.0935. The molecule has 0 aliphatic rings. The van der Waals surface area contributed by atoms with Crippen molar-refractivity contribution >= 4 is 33.2 Å². The zero-order valence-electron chi connectivity index (χ0n) is 19.9. The van der Waals surface area contributed by atoms with Crippen molar-refractivity contribution in [2.24, 2.45) is 0 Å². The fourth-order valence-corrected chi connectivity index (χ4v) is 5.22. The minimum absolute atomic E-state index is 0.0331. The Morgan fingerprint density at radius 1 is 0.971 bits per heavy atom. The number of carbonyl (C=O) groups is 1. The second-order valence-corrected chi connectivity index (χ2v) is 10.3. The topological polar surface area (TPSA) is 84.5 Å². The van der Waals surface area contributed by atoms with Crippen LogP contribution in [0, 0.1) is 20.8 Å². The van der Waals surface area contributed by atoms with Crippen LogP contribution in [0.1, 0.15) is 52.0 Å². The highest BCUT2D eigenvalue weighted by Crippen LogP contribution is 2.28. The molecule has 0 aromatic heterocycles. The summed E-state index contributed by atoms with van der Waals surface area (Å²) in [7, 11) is -2.39. The molecule has 3 aromatic rings. The van der Waals surface area contributed by atoms with Gasteiger partial charge in [-0.1, -0.05) is 36.7 Å². The molecule has 1 amide bonds. The number of aryl methyl sites for hydroxylation is 3. The molecule has 1 unspecified atom stereocenters. The molecular weight excluding hydrogens is 472 g/mol. The Kier molecular flexibility index (Phi) is 7.89. The third kappa shape index (κ3) is 5.72. The molecule has 0 bridgehead atoms. The van der Waals surface area contributed by atoms with Crippen molar-refractivity contribution in [3.05, 3.63) is 87.4 Å². The fraction of sp³-hybridized carbons (Fsp3) is 0.269. The van der Waals surface area contributed by atoms with Crippen LogP contribution in [0.25, 0.3) is 0 Å². The first kappa shape index (κ1) is 25.6. The van der Waals surface area contributed by atoms with Crippen molar-refractivity contribution in [3.8, 4) is 5.75 Å². The molecule has 6 nitrogen and oxygen atoms in total. The maximum Gasteiger partial charge on any atom is 0.263 e. The predicted molar refractivity (Wildman–Crippen MR) is 136 cm³/mol. The van der Waals surface area contributed by atoms with E-state index in [2.05, 4.69) is 10.0 Å². The molecule has 3 rings (SSSR count). The number of sulfonamides is 1. The summed E-state index contributed by atoms with van der Waals surface area (Å²) in [6, 6.07) is 15.0. The van der Waals surface area contributed by atoms with Crippen molar-refractivity contribution < 1.29 is 17.9 Å². The zero-order valence-corrected chi connectivity index (χ0v) is 21.5. The van der Waals surface area contributed by atoms with E-state index in [0.717, 1.165) is 28.0 Å². The van der Waals surface area contributed by atoms with Gasteiger partial charge in [-0.2, -0.15) is 0 Å². The Bertz CT molecular complexity index is 1320. The summed E-state index contributed by atoms with van der Waals surface area (Å²) in [5.74, 6) is 0.383. The van der Waals surface area contributed by atoms with Crippen LogP contribution in [0.4, 0.5) is 5.69 Å². The summed E-state index contributed by atoms with van der Waals surface area (Å²) in [5.41, 5.74) is 4.54. The van der Waals surface area contributed by atoms with Crippen molar-refractivity contribution in [2.45, 2.75) is 45.1 Å². The molecule has 1 atom stereocenters. The standard InChI is InChI=1S/C26H29ClN2O4S/c1-6-23(19-9-12-24(33-5)18(4)13-19)28-26(30)20-8-11-22(27)25(15-20)34(31,32)29-21-10-7-16(2)17(3)14-21/h7-15,23,29H,6H2,1-5H3,(H,28,30). The van der Waals surface area contributed by atoms with Crippen molar-refractivity contribution in [2.75, 3.05) is 11.8 Å². The van der Waals surface area contributed by atoms with Gasteiger partial charge >= 0.3 is 0 Å². The van der Waals surface area contributed by atoms with Gasteiger partial charge in [0.1, 0.15) is 10.6 Å². The van der Waals surface area contributed by atoms with E-state index in [1.165, 1.54) is 18.2 Å². The fourth-order valence-electron chi connectivity index (χ4n) is 3.65. The molecule has 0 radical (unpaired) electrons. The molecule has 8 heteroatoms. The summed E-state index contributed by atoms with van der Waals surface area (Å²) >= 11 is 6.22. The van der Waals surface area contributed by atoms with Crippen LogP contribution in [-0.2, 0) is 10.0 Å². The number of hydrogen-bond donors (Lipinski definition) is 2. The number of methoxy groups -OCH3 is 1. The first-order valence-corrected chi connectivity index (χ1v) is 12.8. The third-order valence-electron chi connectivity index (χ3n) is 5.78. The van der Waals surface area contributed by atoms with E-state index in [0.29, 0.717) is 12.1 Å². The summed E-state index contributed by atoms with van der Waals surface area (Å²) < 4.78 is 34.0. The first-order chi connectivity index (χ1) is 16.1. The second-order valence-electron chi connectivity index (χ2n) is 8.21. The maximum absolute atomic E-state index is 13.1. The number of carbonyl (C=O) groups excluding carboxylic acids is 1. The molecule has 0 fully saturated rings. The number of halogens is 1. The van der Waals surface area contributed by atoms with Gasteiger partial charge in [-0.05, 0) is 85.8 Å². The van der Waals surface area contributed by atoms with E-state index in [4.69, 9.17) is 16.3 Å². The predicted octanol–water partition coefficient (Wildman–Crippen LogP) is 5.96. The number of rotatable bonds is 8. The SMILES string of the molecule is CCC(NC(=O)c1ccc(Cl)c(S(=O)(=O)Nc2ccc(C)c(C)c2)c1)c1ccc(OC)c(C)c1. The lowest BCUT2D eigenvalue weighted by atomic mass is 10.0. The highest BCUT2D eigenvalue weighted by atomic mass is 35.5. The Morgan fingerprint density at radius 2 is 1.71 bits per heavy atom. The smallest absolute Gasteiger partial charge is 0.263 e. The normalized spacial score (nSPS) is 12.2. The molecule has 34 heavy (non-hydrogen) atoms. The molecule has 0 heterocycles. The van der Waals surface area contributed by atoms with Gasteiger partial charge in [0.2, 0.25) is 0 Å². The van der Waals surface area contributed by atoms with Gasteiger partial charge in [0.05, 0.1) is 18.2 Å². The van der Waals surface area contributed by atoms with Gasteiger partial charge in [-0.25, -0.2) is 8.42 Å². The van der Waals surface area contributed by atoms with E-state index in [1.807, 2.05) is 52.0 Å². The van der Waals surface area contributed by atoms with Crippen LogP contribution in [0.3, 0.4) is 0 Å². The van der Waals surface area contributed by atoms with E-state index in [9.17, 15) is 13.2 Å². The molecule has 180 valence electrons. The van der Waals surface area contributed by atoms with Crippen LogP contribution in [0.15, 0.2) is 59.5 Å². The number of hydrogen-bond acceptors (Lipinski definition) is 4. The van der Waals surface area contributed by atoms with Crippen molar-refractivity contribution in [1.29, 1.82) is 0 Å². The number of amides is 1. The minimum atomic E-state index is -4.00. The second kappa shape index (κ2) is 10.5. The minimum Gasteiger partial charge on any atom is -0.496 e. The highest BCUT2D eigenvalue weighted by molar-refractivity contribution is 7.92. The van der Waals surface area contributed by atoms with Gasteiger partial charge in [0, 0.05) is 11.3 Å². The van der Waals surface area contributed by atoms with Crippen LogP contribution in [0.2, 0.25) is 5.02 Å². The average molecular weight is 501 g/mol. The maximum atomic E-state index is 13.1. The van der Waals surface area contributed by atoms with Gasteiger partial charge in [0.25, 0.3) is 15.9 Å². The van der Waals surface area contributed by atoms with Crippen molar-refractivity contribution in [3.63, 3.8) is 0 Å². The molecule has 2 N–H and O–H groups in total. The molecule has 0 spiro atoms. The van der Waals surface area contributed by atoms with E-state index < -0.39 is 10.0 Å². The number of benzene rings is 3. The molecule has 0 saturated carbocycles. The summed E-state index contributed by atoms with van der Waals surface area (Å²) in [6.07, 6.45) is 0.657. The van der Waals surface area contributed by atoms with E-state index in [1.54, 1.807) is 19.2 Å². The first-order valence-electron chi connectivity index (χ1n) is 10.9. The molecule has 0 aliphatic carbocycles. The lowest BCUT2D eigenvalue weighted by Gasteiger charge is -2.19. The highest BCUT2D eigenvalue weighted by Gasteiger charge is 2.22. The molecular formula is C26H29ClN2O4S. The number of anilines is 1. The summed E-state index contributed by atoms with van der Waals surface area (Å²) in [5, 5.41) is 3.02. The Hall–Kier alpha value is -3.03. The molecule has 3 aromatic carbocycles. The third-order valence-corrected chi connectivity index (χ3v) is 7.64. The number of nitrogens with one attached hydrogen (secondary N) is 2. The largest absolute Gasteiger partial charge is 0.496 e. The van der Waals surface area contributed by atoms with Gasteiger partial charge in [-0.15, -0.1) is 0 Å².